The van der Waals surface area contributed by atoms with Crippen LogP contribution in [0.5, 0.6) is 0 Å². The third-order valence-corrected chi connectivity index (χ3v) is 4.26. The average Bonchev–Trinajstić information content (AvgIpc) is 2.59. The molecule has 0 aromatic heterocycles. The van der Waals surface area contributed by atoms with E-state index >= 15 is 0 Å². The summed E-state index contributed by atoms with van der Waals surface area (Å²) in [6.45, 7) is 0.431. The molecule has 1 fully saturated rings. The molecule has 0 heterocycles. The molecule has 0 bridgehead atoms. The van der Waals surface area contributed by atoms with Crippen molar-refractivity contribution in [2.75, 3.05) is 13.1 Å². The van der Waals surface area contributed by atoms with Gasteiger partial charge < -0.3 is 16.4 Å². The van der Waals surface area contributed by atoms with Gasteiger partial charge in [-0.3, -0.25) is 9.59 Å². The van der Waals surface area contributed by atoms with Crippen LogP contribution in [0.2, 0.25) is 0 Å². The highest BCUT2D eigenvalue weighted by molar-refractivity contribution is 5.96. The quantitative estimate of drug-likeness (QED) is 0.739. The summed E-state index contributed by atoms with van der Waals surface area (Å²) >= 11 is 0. The maximum atomic E-state index is 12.0. The minimum absolute atomic E-state index is 0. The number of hydrogen-bond acceptors (Lipinski definition) is 3. The molecule has 0 aliphatic heterocycles. The maximum Gasteiger partial charge on any atom is 0.251 e. The van der Waals surface area contributed by atoms with Crippen molar-refractivity contribution in [2.45, 2.75) is 38.1 Å². The summed E-state index contributed by atoms with van der Waals surface area (Å²) in [6.07, 6.45) is 5.94. The number of halogens is 1. The first-order valence-corrected chi connectivity index (χ1v) is 8.03. The Bertz CT molecular complexity index is 490. The Kier molecular flexibility index (Phi) is 8.66. The largest absolute Gasteiger partial charge is 0.350 e. The lowest BCUT2D eigenvalue weighted by Crippen LogP contribution is -2.49. The molecule has 1 unspecified atom stereocenters. The lowest BCUT2D eigenvalue weighted by Gasteiger charge is -2.30. The molecule has 23 heavy (non-hydrogen) atoms. The van der Waals surface area contributed by atoms with Gasteiger partial charge in [0.2, 0.25) is 5.91 Å². The molecular weight excluding hydrogens is 314 g/mol. The van der Waals surface area contributed by atoms with Crippen molar-refractivity contribution in [3.63, 3.8) is 0 Å². The highest BCUT2D eigenvalue weighted by Crippen LogP contribution is 2.26. The molecule has 2 rings (SSSR count). The van der Waals surface area contributed by atoms with Crippen LogP contribution >= 0.6 is 12.4 Å². The minimum Gasteiger partial charge on any atom is -0.350 e. The second kappa shape index (κ2) is 10.2. The van der Waals surface area contributed by atoms with Crippen LogP contribution in [-0.2, 0) is 4.79 Å². The highest BCUT2D eigenvalue weighted by Gasteiger charge is 2.23. The highest BCUT2D eigenvalue weighted by atomic mass is 35.5. The second-order valence-electron chi connectivity index (χ2n) is 5.86. The fourth-order valence-electron chi connectivity index (χ4n) is 3.02. The van der Waals surface area contributed by atoms with E-state index in [1.807, 2.05) is 6.07 Å². The van der Waals surface area contributed by atoms with Crippen molar-refractivity contribution in [2.24, 2.45) is 11.7 Å². The number of amides is 2. The van der Waals surface area contributed by atoms with Crippen molar-refractivity contribution in [3.8, 4) is 0 Å². The summed E-state index contributed by atoms with van der Waals surface area (Å²) in [5.41, 5.74) is 6.35. The molecule has 128 valence electrons. The molecule has 0 spiro atoms. The van der Waals surface area contributed by atoms with Gasteiger partial charge in [-0.25, -0.2) is 0 Å². The zero-order valence-electron chi connectivity index (χ0n) is 13.3. The Labute approximate surface area is 143 Å². The summed E-state index contributed by atoms with van der Waals surface area (Å²) in [6, 6.07) is 8.89. The summed E-state index contributed by atoms with van der Waals surface area (Å²) in [5.74, 6) is 0.0514. The molecule has 2 amide bonds. The van der Waals surface area contributed by atoms with Gasteiger partial charge in [0.1, 0.15) is 0 Å². The number of benzene rings is 1. The topological polar surface area (TPSA) is 84.2 Å². The Morgan fingerprint density at radius 2 is 1.78 bits per heavy atom. The standard InChI is InChI=1S/C17H25N3O2.ClH/c18-11-15(13-7-3-1-4-8-13)20-16(21)12-19-17(22)14-9-5-2-6-10-14;/h2,5-6,9-10,13,15H,1,3-4,7-8,11-12,18H2,(H,19,22)(H,20,21);1H. The molecule has 1 aromatic rings. The number of carbonyl (C=O) groups is 2. The first-order valence-electron chi connectivity index (χ1n) is 8.03. The fourth-order valence-corrected chi connectivity index (χ4v) is 3.02. The first-order chi connectivity index (χ1) is 10.7. The SMILES string of the molecule is Cl.NCC(NC(=O)CNC(=O)c1ccccc1)C1CCCCC1. The summed E-state index contributed by atoms with van der Waals surface area (Å²) in [4.78, 5) is 23.9. The normalized spacial score (nSPS) is 16.0. The molecule has 6 heteroatoms. The van der Waals surface area contributed by atoms with Crippen molar-refractivity contribution >= 4 is 24.2 Å². The van der Waals surface area contributed by atoms with Gasteiger partial charge in [-0.15, -0.1) is 12.4 Å². The van der Waals surface area contributed by atoms with E-state index in [2.05, 4.69) is 10.6 Å². The molecule has 0 saturated heterocycles. The van der Waals surface area contributed by atoms with E-state index in [-0.39, 0.29) is 36.8 Å². The molecule has 4 N–H and O–H groups in total. The zero-order valence-corrected chi connectivity index (χ0v) is 14.1. The monoisotopic (exact) mass is 339 g/mol. The van der Waals surface area contributed by atoms with Gasteiger partial charge in [-0.05, 0) is 30.9 Å². The number of nitrogens with two attached hydrogens (primary N) is 1. The summed E-state index contributed by atoms with van der Waals surface area (Å²) in [5, 5.41) is 5.60. The first kappa shape index (κ1) is 19.5. The van der Waals surface area contributed by atoms with E-state index in [1.54, 1.807) is 24.3 Å². The molecule has 1 atom stereocenters. The van der Waals surface area contributed by atoms with E-state index in [4.69, 9.17) is 5.73 Å². The lowest BCUT2D eigenvalue weighted by molar-refractivity contribution is -0.121. The number of rotatable bonds is 6. The average molecular weight is 340 g/mol. The minimum atomic E-state index is -0.238. The molecule has 1 aliphatic rings. The maximum absolute atomic E-state index is 12.0. The molecule has 1 aromatic carbocycles. The van der Waals surface area contributed by atoms with E-state index in [0.29, 0.717) is 18.0 Å². The van der Waals surface area contributed by atoms with E-state index in [0.717, 1.165) is 12.8 Å². The van der Waals surface area contributed by atoms with Crippen molar-refractivity contribution < 1.29 is 9.59 Å². The third-order valence-electron chi connectivity index (χ3n) is 4.26. The van der Waals surface area contributed by atoms with E-state index in [1.165, 1.54) is 19.3 Å². The predicted octanol–water partition coefficient (Wildman–Crippen LogP) is 1.86. The van der Waals surface area contributed by atoms with Gasteiger partial charge in [0.05, 0.1) is 6.54 Å². The fraction of sp³-hybridized carbons (Fsp3) is 0.529. The smallest absolute Gasteiger partial charge is 0.251 e. The van der Waals surface area contributed by atoms with Crippen LogP contribution in [0.15, 0.2) is 30.3 Å². The van der Waals surface area contributed by atoms with Crippen LogP contribution < -0.4 is 16.4 Å². The molecule has 5 nitrogen and oxygen atoms in total. The van der Waals surface area contributed by atoms with Crippen LogP contribution in [0.3, 0.4) is 0 Å². The Balaban J connectivity index is 0.00000264. The van der Waals surface area contributed by atoms with Gasteiger partial charge in [0, 0.05) is 18.2 Å². The van der Waals surface area contributed by atoms with Crippen LogP contribution in [0.1, 0.15) is 42.5 Å². The lowest BCUT2D eigenvalue weighted by atomic mass is 9.84. The Morgan fingerprint density at radius 1 is 1.13 bits per heavy atom. The van der Waals surface area contributed by atoms with Crippen molar-refractivity contribution in [1.29, 1.82) is 0 Å². The molecule has 0 radical (unpaired) electrons. The van der Waals surface area contributed by atoms with Gasteiger partial charge in [0.15, 0.2) is 0 Å². The molecule has 1 saturated carbocycles. The van der Waals surface area contributed by atoms with E-state index < -0.39 is 0 Å². The Hall–Kier alpha value is -1.59. The summed E-state index contributed by atoms with van der Waals surface area (Å²) in [7, 11) is 0. The van der Waals surface area contributed by atoms with Crippen LogP contribution in [0, 0.1) is 5.92 Å². The number of hydrogen-bond donors (Lipinski definition) is 3. The van der Waals surface area contributed by atoms with Gasteiger partial charge >= 0.3 is 0 Å². The van der Waals surface area contributed by atoms with Crippen LogP contribution in [-0.4, -0.2) is 30.9 Å². The van der Waals surface area contributed by atoms with Gasteiger partial charge in [0.25, 0.3) is 5.91 Å². The number of carbonyl (C=O) groups excluding carboxylic acids is 2. The third kappa shape index (κ3) is 6.20. The second-order valence-corrected chi connectivity index (χ2v) is 5.86. The molecule has 1 aliphatic carbocycles. The van der Waals surface area contributed by atoms with Gasteiger partial charge in [-0.2, -0.15) is 0 Å². The van der Waals surface area contributed by atoms with E-state index in [9.17, 15) is 9.59 Å². The Morgan fingerprint density at radius 3 is 2.39 bits per heavy atom. The van der Waals surface area contributed by atoms with Crippen molar-refractivity contribution in [1.82, 2.24) is 10.6 Å². The van der Waals surface area contributed by atoms with Crippen LogP contribution in [0.25, 0.3) is 0 Å². The summed E-state index contributed by atoms with van der Waals surface area (Å²) < 4.78 is 0. The zero-order chi connectivity index (χ0) is 15.8. The van der Waals surface area contributed by atoms with Crippen molar-refractivity contribution in [3.05, 3.63) is 35.9 Å². The number of nitrogens with one attached hydrogen (secondary N) is 2. The van der Waals surface area contributed by atoms with Gasteiger partial charge in [-0.1, -0.05) is 37.5 Å². The molecular formula is C17H26ClN3O2. The van der Waals surface area contributed by atoms with Crippen LogP contribution in [0.4, 0.5) is 0 Å². The predicted molar refractivity (Wildman–Crippen MR) is 93.6 cm³/mol.